The first-order valence-electron chi connectivity index (χ1n) is 7.80. The molecule has 1 aromatic rings. The molecule has 1 atom stereocenters. The Morgan fingerprint density at radius 2 is 2.29 bits per heavy atom. The highest BCUT2D eigenvalue weighted by molar-refractivity contribution is 5.77. The standard InChI is InChI=1S/C15H25N5O/c1-3-6-12-18-13(17-4-2)9-14(19-12)20-8-5-7-11(10-20)15(16)21/h9,11H,3-8,10H2,1-2H3,(H2,16,21)(H,17,18,19). The minimum Gasteiger partial charge on any atom is -0.370 e. The number of nitrogens with two attached hydrogens (primary N) is 1. The number of primary amides is 1. The molecule has 21 heavy (non-hydrogen) atoms. The van der Waals surface area contributed by atoms with Gasteiger partial charge in [0, 0.05) is 32.1 Å². The summed E-state index contributed by atoms with van der Waals surface area (Å²) in [7, 11) is 0. The highest BCUT2D eigenvalue weighted by Crippen LogP contribution is 2.23. The van der Waals surface area contributed by atoms with Crippen LogP contribution in [0.15, 0.2) is 6.07 Å². The maximum Gasteiger partial charge on any atom is 0.222 e. The van der Waals surface area contributed by atoms with Gasteiger partial charge in [-0.3, -0.25) is 4.79 Å². The van der Waals surface area contributed by atoms with Crippen molar-refractivity contribution in [3.63, 3.8) is 0 Å². The zero-order valence-corrected chi connectivity index (χ0v) is 12.9. The second kappa shape index (κ2) is 7.24. The molecule has 2 heterocycles. The number of hydrogen-bond donors (Lipinski definition) is 2. The number of rotatable bonds is 6. The van der Waals surface area contributed by atoms with Gasteiger partial charge in [0.25, 0.3) is 0 Å². The zero-order chi connectivity index (χ0) is 15.2. The third-order valence-corrected chi connectivity index (χ3v) is 3.74. The summed E-state index contributed by atoms with van der Waals surface area (Å²) in [6.07, 6.45) is 3.72. The first-order chi connectivity index (χ1) is 10.1. The third-order valence-electron chi connectivity index (χ3n) is 3.74. The number of aromatic nitrogens is 2. The first-order valence-corrected chi connectivity index (χ1v) is 7.80. The van der Waals surface area contributed by atoms with Crippen LogP contribution in [0.2, 0.25) is 0 Å². The van der Waals surface area contributed by atoms with Gasteiger partial charge < -0.3 is 16.0 Å². The normalized spacial score (nSPS) is 18.6. The number of aryl methyl sites for hydroxylation is 1. The molecule has 1 fully saturated rings. The molecule has 1 aliphatic rings. The Bertz CT molecular complexity index is 467. The summed E-state index contributed by atoms with van der Waals surface area (Å²) in [5.74, 6) is 2.31. The maximum atomic E-state index is 11.4. The molecule has 0 aliphatic carbocycles. The van der Waals surface area contributed by atoms with E-state index in [4.69, 9.17) is 5.73 Å². The van der Waals surface area contributed by atoms with Crippen LogP contribution in [0.4, 0.5) is 11.6 Å². The Hall–Kier alpha value is -1.85. The number of nitrogens with zero attached hydrogens (tertiary/aromatic N) is 3. The van der Waals surface area contributed by atoms with Crippen molar-refractivity contribution in [3.05, 3.63) is 11.9 Å². The highest BCUT2D eigenvalue weighted by atomic mass is 16.1. The molecular weight excluding hydrogens is 266 g/mol. The summed E-state index contributed by atoms with van der Waals surface area (Å²) in [5.41, 5.74) is 5.45. The Morgan fingerprint density at radius 1 is 1.48 bits per heavy atom. The largest absolute Gasteiger partial charge is 0.370 e. The van der Waals surface area contributed by atoms with Crippen molar-refractivity contribution < 1.29 is 4.79 Å². The number of carbonyl (C=O) groups is 1. The van der Waals surface area contributed by atoms with Gasteiger partial charge in [-0.1, -0.05) is 6.92 Å². The molecule has 116 valence electrons. The van der Waals surface area contributed by atoms with E-state index < -0.39 is 0 Å². The number of hydrogen-bond acceptors (Lipinski definition) is 5. The van der Waals surface area contributed by atoms with Crippen LogP contribution < -0.4 is 16.0 Å². The monoisotopic (exact) mass is 291 g/mol. The number of anilines is 2. The van der Waals surface area contributed by atoms with Crippen LogP contribution in [-0.4, -0.2) is 35.5 Å². The fourth-order valence-electron chi connectivity index (χ4n) is 2.67. The number of nitrogens with one attached hydrogen (secondary N) is 1. The average Bonchev–Trinajstić information content (AvgIpc) is 2.48. The zero-order valence-electron chi connectivity index (χ0n) is 12.9. The topological polar surface area (TPSA) is 84.1 Å². The van der Waals surface area contributed by atoms with Crippen LogP contribution in [0.3, 0.4) is 0 Å². The summed E-state index contributed by atoms with van der Waals surface area (Å²) in [6, 6.07) is 1.96. The molecule has 1 aromatic heterocycles. The molecule has 6 heteroatoms. The van der Waals surface area contributed by atoms with E-state index in [0.717, 1.165) is 56.2 Å². The molecule has 2 rings (SSSR count). The average molecular weight is 291 g/mol. The summed E-state index contributed by atoms with van der Waals surface area (Å²) in [6.45, 7) is 6.56. The summed E-state index contributed by atoms with van der Waals surface area (Å²) in [5, 5.41) is 3.25. The van der Waals surface area contributed by atoms with E-state index in [-0.39, 0.29) is 11.8 Å². The van der Waals surface area contributed by atoms with Gasteiger partial charge in [0.2, 0.25) is 5.91 Å². The van der Waals surface area contributed by atoms with Crippen molar-refractivity contribution in [2.24, 2.45) is 11.7 Å². The van der Waals surface area contributed by atoms with E-state index in [9.17, 15) is 4.79 Å². The van der Waals surface area contributed by atoms with Gasteiger partial charge in [0.1, 0.15) is 17.5 Å². The van der Waals surface area contributed by atoms with E-state index in [2.05, 4.69) is 27.1 Å². The lowest BCUT2D eigenvalue weighted by atomic mass is 9.97. The van der Waals surface area contributed by atoms with Gasteiger partial charge in [-0.15, -0.1) is 0 Å². The van der Waals surface area contributed by atoms with Crippen molar-refractivity contribution >= 4 is 17.5 Å². The van der Waals surface area contributed by atoms with E-state index in [1.54, 1.807) is 0 Å². The molecule has 1 aliphatic heterocycles. The van der Waals surface area contributed by atoms with E-state index in [0.29, 0.717) is 6.54 Å². The second-order valence-electron chi connectivity index (χ2n) is 5.50. The predicted octanol–water partition coefficient (Wildman–Crippen LogP) is 1.56. The molecule has 1 amide bonds. The van der Waals surface area contributed by atoms with Gasteiger partial charge in [0.05, 0.1) is 5.92 Å². The summed E-state index contributed by atoms with van der Waals surface area (Å²) >= 11 is 0. The van der Waals surface area contributed by atoms with Crippen LogP contribution in [0.5, 0.6) is 0 Å². The van der Waals surface area contributed by atoms with E-state index in [1.807, 2.05) is 13.0 Å². The third kappa shape index (κ3) is 4.06. The van der Waals surface area contributed by atoms with Crippen LogP contribution >= 0.6 is 0 Å². The van der Waals surface area contributed by atoms with E-state index in [1.165, 1.54) is 0 Å². The Kier molecular flexibility index (Phi) is 5.36. The predicted molar refractivity (Wildman–Crippen MR) is 84.3 cm³/mol. The molecule has 0 spiro atoms. The molecule has 6 nitrogen and oxygen atoms in total. The molecule has 1 unspecified atom stereocenters. The van der Waals surface area contributed by atoms with Crippen LogP contribution in [0, 0.1) is 5.92 Å². The summed E-state index contributed by atoms with van der Waals surface area (Å²) < 4.78 is 0. The van der Waals surface area contributed by atoms with Crippen molar-refractivity contribution in [2.75, 3.05) is 29.9 Å². The molecule has 3 N–H and O–H groups in total. The van der Waals surface area contributed by atoms with Gasteiger partial charge >= 0.3 is 0 Å². The van der Waals surface area contributed by atoms with Crippen molar-refractivity contribution in [1.29, 1.82) is 0 Å². The number of amides is 1. The Morgan fingerprint density at radius 3 is 2.95 bits per heavy atom. The molecule has 0 radical (unpaired) electrons. The lowest BCUT2D eigenvalue weighted by Crippen LogP contribution is -2.41. The van der Waals surface area contributed by atoms with Crippen LogP contribution in [0.1, 0.15) is 38.9 Å². The van der Waals surface area contributed by atoms with Crippen LogP contribution in [-0.2, 0) is 11.2 Å². The van der Waals surface area contributed by atoms with Gasteiger partial charge in [0.15, 0.2) is 0 Å². The van der Waals surface area contributed by atoms with Gasteiger partial charge in [-0.05, 0) is 26.2 Å². The molecule has 0 aromatic carbocycles. The Balaban J connectivity index is 2.22. The maximum absolute atomic E-state index is 11.4. The fraction of sp³-hybridized carbons (Fsp3) is 0.667. The number of piperidine rings is 1. The molecule has 0 bridgehead atoms. The second-order valence-corrected chi connectivity index (χ2v) is 5.50. The molecular formula is C15H25N5O. The van der Waals surface area contributed by atoms with Crippen LogP contribution in [0.25, 0.3) is 0 Å². The Labute approximate surface area is 126 Å². The fourth-order valence-corrected chi connectivity index (χ4v) is 2.67. The summed E-state index contributed by atoms with van der Waals surface area (Å²) in [4.78, 5) is 22.7. The molecule has 1 saturated heterocycles. The molecule has 0 saturated carbocycles. The lowest BCUT2D eigenvalue weighted by Gasteiger charge is -2.32. The van der Waals surface area contributed by atoms with E-state index >= 15 is 0 Å². The minimum absolute atomic E-state index is 0.0778. The van der Waals surface area contributed by atoms with Gasteiger partial charge in [-0.25, -0.2) is 9.97 Å². The highest BCUT2D eigenvalue weighted by Gasteiger charge is 2.25. The first kappa shape index (κ1) is 15.5. The van der Waals surface area contributed by atoms with Crippen molar-refractivity contribution in [1.82, 2.24) is 9.97 Å². The van der Waals surface area contributed by atoms with Crippen molar-refractivity contribution in [2.45, 2.75) is 39.5 Å². The SMILES string of the molecule is CCCc1nc(NCC)cc(N2CCCC(C(N)=O)C2)n1. The quantitative estimate of drug-likeness (QED) is 0.831. The van der Waals surface area contributed by atoms with Crippen molar-refractivity contribution in [3.8, 4) is 0 Å². The lowest BCUT2D eigenvalue weighted by molar-refractivity contribution is -0.122. The van der Waals surface area contributed by atoms with Gasteiger partial charge in [-0.2, -0.15) is 0 Å². The number of carbonyl (C=O) groups excluding carboxylic acids is 1. The smallest absolute Gasteiger partial charge is 0.222 e. The minimum atomic E-state index is -0.213.